The maximum atomic E-state index is 13.1. The molecule has 36 heavy (non-hydrogen) atoms. The standard InChI is InChI=1S/C22H26N6O6S2/c1-28(11-12-32-2)36(30,31)18-7-5-16(6-8-18)20(27-34-15-19-23-9-4-10-24-19)21(29)26-22-25-13-17(35-22)14-33-3/h4-10,13H,11-12,14-15H2,1-3H3,(H,25,26,29). The molecule has 0 spiro atoms. The number of methoxy groups -OCH3 is 2. The molecule has 0 saturated heterocycles. The molecule has 0 bridgehead atoms. The highest BCUT2D eigenvalue weighted by Crippen LogP contribution is 2.20. The third-order valence-electron chi connectivity index (χ3n) is 4.69. The van der Waals surface area contributed by atoms with E-state index >= 15 is 0 Å². The van der Waals surface area contributed by atoms with Crippen molar-refractivity contribution in [1.29, 1.82) is 0 Å². The Hall–Kier alpha value is -3.30. The molecule has 0 atom stereocenters. The van der Waals surface area contributed by atoms with Crippen LogP contribution in [0.3, 0.4) is 0 Å². The van der Waals surface area contributed by atoms with Crippen molar-refractivity contribution in [2.75, 3.05) is 39.7 Å². The summed E-state index contributed by atoms with van der Waals surface area (Å²) in [6.07, 6.45) is 4.72. The number of oxime groups is 1. The van der Waals surface area contributed by atoms with E-state index in [1.54, 1.807) is 31.8 Å². The number of amides is 1. The summed E-state index contributed by atoms with van der Waals surface area (Å²) in [7, 11) is 0.795. The van der Waals surface area contributed by atoms with Crippen LogP contribution in [0.2, 0.25) is 0 Å². The molecular formula is C22H26N6O6S2. The van der Waals surface area contributed by atoms with Crippen LogP contribution < -0.4 is 5.32 Å². The van der Waals surface area contributed by atoms with E-state index < -0.39 is 15.9 Å². The molecule has 3 rings (SSSR count). The number of anilines is 1. The molecule has 3 aromatic rings. The number of hydrogen-bond acceptors (Lipinski definition) is 11. The van der Waals surface area contributed by atoms with Crippen LogP contribution in [-0.2, 0) is 42.3 Å². The second-order valence-electron chi connectivity index (χ2n) is 7.24. The number of nitrogens with one attached hydrogen (secondary N) is 1. The lowest BCUT2D eigenvalue weighted by Crippen LogP contribution is -2.30. The molecule has 0 aliphatic heterocycles. The van der Waals surface area contributed by atoms with Crippen LogP contribution in [0.15, 0.2) is 59.0 Å². The molecule has 0 aliphatic rings. The Bertz CT molecular complexity index is 1270. The van der Waals surface area contributed by atoms with Gasteiger partial charge in [-0.15, -0.1) is 0 Å². The van der Waals surface area contributed by atoms with Crippen molar-refractivity contribution in [2.45, 2.75) is 18.1 Å². The van der Waals surface area contributed by atoms with Crippen LogP contribution >= 0.6 is 11.3 Å². The summed E-state index contributed by atoms with van der Waals surface area (Å²) in [4.78, 5) is 31.6. The number of thiazole rings is 1. The molecule has 0 saturated carbocycles. The average molecular weight is 535 g/mol. The first kappa shape index (κ1) is 27.3. The van der Waals surface area contributed by atoms with Crippen LogP contribution in [-0.4, -0.2) is 73.7 Å². The zero-order valence-corrected chi connectivity index (χ0v) is 21.6. The van der Waals surface area contributed by atoms with Gasteiger partial charge in [-0.2, -0.15) is 4.31 Å². The normalized spacial score (nSPS) is 12.1. The molecule has 0 fully saturated rings. The fraction of sp³-hybridized carbons (Fsp3) is 0.318. The average Bonchev–Trinajstić information content (AvgIpc) is 3.32. The number of sulfonamides is 1. The van der Waals surface area contributed by atoms with E-state index in [1.807, 2.05) is 0 Å². The van der Waals surface area contributed by atoms with Gasteiger partial charge in [0.05, 0.1) is 23.0 Å². The summed E-state index contributed by atoms with van der Waals surface area (Å²) in [5, 5.41) is 7.03. The van der Waals surface area contributed by atoms with Gasteiger partial charge in [-0.3, -0.25) is 10.1 Å². The summed E-state index contributed by atoms with van der Waals surface area (Å²) in [5.74, 6) is -0.208. The lowest BCUT2D eigenvalue weighted by Gasteiger charge is -2.17. The maximum Gasteiger partial charge on any atom is 0.280 e. The Morgan fingerprint density at radius 1 is 1.08 bits per heavy atom. The SMILES string of the molecule is COCCN(C)S(=O)(=O)c1ccc(C(=NOCc2ncccn2)C(=O)Nc2ncc(COC)s2)cc1. The largest absolute Gasteiger partial charge is 0.387 e. The lowest BCUT2D eigenvalue weighted by atomic mass is 10.1. The van der Waals surface area contributed by atoms with Gasteiger partial charge in [0, 0.05) is 52.0 Å². The van der Waals surface area contributed by atoms with Crippen LogP contribution in [0.25, 0.3) is 0 Å². The molecule has 1 amide bonds. The van der Waals surface area contributed by atoms with E-state index in [0.717, 1.165) is 4.88 Å². The summed E-state index contributed by atoms with van der Waals surface area (Å²) >= 11 is 1.26. The van der Waals surface area contributed by atoms with E-state index in [9.17, 15) is 13.2 Å². The first-order valence-electron chi connectivity index (χ1n) is 10.6. The topological polar surface area (TPSA) is 145 Å². The van der Waals surface area contributed by atoms with Gasteiger partial charge in [-0.25, -0.2) is 23.4 Å². The third kappa shape index (κ3) is 7.35. The Labute approximate surface area is 213 Å². The third-order valence-corrected chi connectivity index (χ3v) is 7.45. The summed E-state index contributed by atoms with van der Waals surface area (Å²) in [6, 6.07) is 7.43. The zero-order chi connectivity index (χ0) is 26.0. The van der Waals surface area contributed by atoms with Gasteiger partial charge >= 0.3 is 0 Å². The quantitative estimate of drug-likeness (QED) is 0.257. The molecule has 192 valence electrons. The van der Waals surface area contributed by atoms with Crippen molar-refractivity contribution in [3.8, 4) is 0 Å². The highest BCUT2D eigenvalue weighted by atomic mass is 32.2. The number of ether oxygens (including phenoxy) is 2. The number of benzene rings is 1. The first-order valence-corrected chi connectivity index (χ1v) is 12.9. The Balaban J connectivity index is 1.83. The fourth-order valence-electron chi connectivity index (χ4n) is 2.82. The number of carbonyl (C=O) groups excluding carboxylic acids is 1. The van der Waals surface area contributed by atoms with E-state index in [4.69, 9.17) is 14.3 Å². The molecule has 0 aliphatic carbocycles. The first-order chi connectivity index (χ1) is 17.3. The molecule has 12 nitrogen and oxygen atoms in total. The second kappa shape index (κ2) is 13.1. The summed E-state index contributed by atoms with van der Waals surface area (Å²) in [6.45, 7) is 0.757. The maximum absolute atomic E-state index is 13.1. The van der Waals surface area contributed by atoms with Crippen molar-refractivity contribution in [2.24, 2.45) is 5.16 Å². The van der Waals surface area contributed by atoms with Gasteiger partial charge in [0.25, 0.3) is 5.91 Å². The number of rotatable bonds is 13. The van der Waals surface area contributed by atoms with Crippen LogP contribution in [0.1, 0.15) is 16.3 Å². The number of likely N-dealkylation sites (N-methyl/N-ethyl adjacent to an activating group) is 1. The van der Waals surface area contributed by atoms with E-state index in [1.165, 1.54) is 54.1 Å². The van der Waals surface area contributed by atoms with Gasteiger partial charge in [0.15, 0.2) is 23.3 Å². The van der Waals surface area contributed by atoms with Gasteiger partial charge in [-0.05, 0) is 18.2 Å². The molecule has 2 aromatic heterocycles. The van der Waals surface area contributed by atoms with Gasteiger partial charge in [-0.1, -0.05) is 28.6 Å². The van der Waals surface area contributed by atoms with Crippen molar-refractivity contribution in [1.82, 2.24) is 19.3 Å². The van der Waals surface area contributed by atoms with E-state index in [2.05, 4.69) is 25.4 Å². The predicted octanol–water partition coefficient (Wildman–Crippen LogP) is 1.91. The highest BCUT2D eigenvalue weighted by Gasteiger charge is 2.22. The number of nitrogens with zero attached hydrogens (tertiary/aromatic N) is 5. The molecule has 1 aromatic carbocycles. The minimum absolute atomic E-state index is 0.0624. The molecule has 1 N–H and O–H groups in total. The van der Waals surface area contributed by atoms with Crippen LogP contribution in [0.4, 0.5) is 5.13 Å². The fourth-order valence-corrected chi connectivity index (χ4v) is 4.75. The van der Waals surface area contributed by atoms with Crippen molar-refractivity contribution in [3.05, 3.63) is 65.2 Å². The Morgan fingerprint density at radius 2 is 1.81 bits per heavy atom. The molecule has 14 heteroatoms. The van der Waals surface area contributed by atoms with Crippen molar-refractivity contribution < 1.29 is 27.5 Å². The monoisotopic (exact) mass is 534 g/mol. The van der Waals surface area contributed by atoms with Gasteiger partial charge in [0.1, 0.15) is 0 Å². The Kier molecular flexibility index (Phi) is 9.95. The number of carbonyl (C=O) groups is 1. The van der Waals surface area contributed by atoms with Gasteiger partial charge < -0.3 is 14.3 Å². The summed E-state index contributed by atoms with van der Waals surface area (Å²) in [5.41, 5.74) is 0.264. The molecule has 0 radical (unpaired) electrons. The van der Waals surface area contributed by atoms with Crippen molar-refractivity contribution >= 4 is 38.1 Å². The molecule has 0 unspecified atom stereocenters. The minimum atomic E-state index is -3.73. The number of aromatic nitrogens is 3. The highest BCUT2D eigenvalue weighted by molar-refractivity contribution is 7.89. The van der Waals surface area contributed by atoms with Gasteiger partial charge in [0.2, 0.25) is 10.0 Å². The smallest absolute Gasteiger partial charge is 0.280 e. The summed E-state index contributed by atoms with van der Waals surface area (Å²) < 4.78 is 36.8. The minimum Gasteiger partial charge on any atom is -0.387 e. The predicted molar refractivity (Wildman–Crippen MR) is 133 cm³/mol. The molecular weight excluding hydrogens is 508 g/mol. The number of hydrogen-bond donors (Lipinski definition) is 1. The van der Waals surface area contributed by atoms with Crippen LogP contribution in [0.5, 0.6) is 0 Å². The molecule has 2 heterocycles. The second-order valence-corrected chi connectivity index (χ2v) is 10.4. The van der Waals surface area contributed by atoms with Crippen LogP contribution in [0, 0.1) is 0 Å². The lowest BCUT2D eigenvalue weighted by molar-refractivity contribution is -0.110. The zero-order valence-electron chi connectivity index (χ0n) is 19.9. The van der Waals surface area contributed by atoms with Crippen molar-refractivity contribution in [3.63, 3.8) is 0 Å². The van der Waals surface area contributed by atoms with E-state index in [-0.39, 0.29) is 30.4 Å². The van der Waals surface area contributed by atoms with E-state index in [0.29, 0.717) is 23.1 Å². The Morgan fingerprint density at radius 3 is 2.47 bits per heavy atom.